The number of nitrogens with zero attached hydrogens (tertiary/aromatic N) is 3. The number of fused-ring (bicyclic) bond motifs is 1. The lowest BCUT2D eigenvalue weighted by Gasteiger charge is -2.07. The molecule has 1 N–H and O–H groups in total. The second kappa shape index (κ2) is 3.90. The van der Waals surface area contributed by atoms with Crippen LogP contribution in [-0.4, -0.2) is 25.7 Å². The zero-order valence-electron chi connectivity index (χ0n) is 8.39. The smallest absolute Gasteiger partial charge is 0.253 e. The Morgan fingerprint density at radius 2 is 2.27 bits per heavy atom. The van der Waals surface area contributed by atoms with Gasteiger partial charge in [0.05, 0.1) is 17.3 Å². The van der Waals surface area contributed by atoms with E-state index in [1.165, 1.54) is 6.20 Å². The van der Waals surface area contributed by atoms with Crippen molar-refractivity contribution < 1.29 is 4.79 Å². The van der Waals surface area contributed by atoms with E-state index in [2.05, 4.69) is 19.0 Å². The van der Waals surface area contributed by atoms with Crippen molar-refractivity contribution >= 4 is 28.8 Å². The summed E-state index contributed by atoms with van der Waals surface area (Å²) in [5.41, 5.74) is 1.77. The minimum atomic E-state index is -0.132. The minimum absolute atomic E-state index is 0.113. The van der Waals surface area contributed by atoms with E-state index in [-0.39, 0.29) is 11.9 Å². The molecule has 2 heterocycles. The molecular weight excluding hydrogens is 212 g/mol. The molecule has 0 aromatic carbocycles. The molecule has 0 saturated carbocycles. The van der Waals surface area contributed by atoms with Crippen LogP contribution < -0.4 is 5.32 Å². The molecule has 15 heavy (non-hydrogen) atoms. The predicted octanol–water partition coefficient (Wildman–Crippen LogP) is 1.22. The summed E-state index contributed by atoms with van der Waals surface area (Å²) in [5, 5.41) is 2.79. The van der Waals surface area contributed by atoms with Crippen LogP contribution in [0.3, 0.4) is 0 Å². The summed E-state index contributed by atoms with van der Waals surface area (Å²) in [6.07, 6.45) is 1.52. The van der Waals surface area contributed by atoms with Gasteiger partial charge in [-0.3, -0.25) is 4.79 Å². The number of carbonyl (C=O) groups excluding carboxylic acids is 1. The van der Waals surface area contributed by atoms with E-state index in [1.54, 1.807) is 6.07 Å². The minimum Gasteiger partial charge on any atom is -0.350 e. The number of carbonyl (C=O) groups is 1. The lowest BCUT2D eigenvalue weighted by Crippen LogP contribution is -2.30. The predicted molar refractivity (Wildman–Crippen MR) is 57.8 cm³/mol. The highest BCUT2D eigenvalue weighted by Crippen LogP contribution is 2.10. The highest BCUT2D eigenvalue weighted by atomic mass is 32.1. The molecule has 0 bridgehead atoms. The maximum Gasteiger partial charge on any atom is 0.253 e. The first-order chi connectivity index (χ1) is 7.16. The molecule has 6 heteroatoms. The first-order valence-corrected chi connectivity index (χ1v) is 5.29. The third-order valence-electron chi connectivity index (χ3n) is 1.80. The number of hydrogen-bond acceptors (Lipinski definition) is 5. The number of hydrogen-bond donors (Lipinski definition) is 1. The van der Waals surface area contributed by atoms with Gasteiger partial charge >= 0.3 is 0 Å². The van der Waals surface area contributed by atoms with Crippen molar-refractivity contribution in [3.05, 3.63) is 17.8 Å². The van der Waals surface area contributed by atoms with Crippen LogP contribution in [0.15, 0.2) is 12.3 Å². The first-order valence-electron chi connectivity index (χ1n) is 4.56. The van der Waals surface area contributed by atoms with Crippen LogP contribution >= 0.6 is 11.7 Å². The summed E-state index contributed by atoms with van der Waals surface area (Å²) >= 11 is 1.09. The third kappa shape index (κ3) is 2.10. The number of amides is 1. The zero-order valence-corrected chi connectivity index (χ0v) is 9.21. The molecule has 78 valence electrons. The molecule has 0 aliphatic heterocycles. The SMILES string of the molecule is CC(C)NC(=O)c1cnc2nsnc2c1. The van der Waals surface area contributed by atoms with E-state index in [0.717, 1.165) is 11.7 Å². The molecule has 2 aromatic rings. The zero-order chi connectivity index (χ0) is 10.8. The van der Waals surface area contributed by atoms with Crippen molar-refractivity contribution in [2.75, 3.05) is 0 Å². The molecule has 0 aliphatic carbocycles. The van der Waals surface area contributed by atoms with Crippen molar-refractivity contribution in [3.8, 4) is 0 Å². The van der Waals surface area contributed by atoms with Crippen molar-refractivity contribution in [1.82, 2.24) is 19.0 Å². The molecule has 0 atom stereocenters. The lowest BCUT2D eigenvalue weighted by atomic mass is 10.2. The number of pyridine rings is 1. The normalized spacial score (nSPS) is 10.9. The average molecular weight is 222 g/mol. The van der Waals surface area contributed by atoms with Gasteiger partial charge in [-0.2, -0.15) is 8.75 Å². The van der Waals surface area contributed by atoms with E-state index < -0.39 is 0 Å². The summed E-state index contributed by atoms with van der Waals surface area (Å²) in [7, 11) is 0. The Hall–Kier alpha value is -1.56. The highest BCUT2D eigenvalue weighted by Gasteiger charge is 2.09. The van der Waals surface area contributed by atoms with Crippen LogP contribution in [0.2, 0.25) is 0 Å². The van der Waals surface area contributed by atoms with E-state index in [0.29, 0.717) is 16.7 Å². The Kier molecular flexibility index (Phi) is 2.59. The maximum absolute atomic E-state index is 11.6. The largest absolute Gasteiger partial charge is 0.350 e. The molecule has 0 unspecified atom stereocenters. The van der Waals surface area contributed by atoms with Gasteiger partial charge in [-0.05, 0) is 19.9 Å². The summed E-state index contributed by atoms with van der Waals surface area (Å²) in [6.45, 7) is 3.82. The van der Waals surface area contributed by atoms with Crippen LogP contribution in [0.5, 0.6) is 0 Å². The molecule has 0 saturated heterocycles. The molecule has 0 aliphatic rings. The summed E-state index contributed by atoms with van der Waals surface area (Å²) in [4.78, 5) is 15.7. The maximum atomic E-state index is 11.6. The van der Waals surface area contributed by atoms with Gasteiger partial charge in [0, 0.05) is 12.2 Å². The Morgan fingerprint density at radius 1 is 1.47 bits per heavy atom. The molecule has 5 nitrogen and oxygen atoms in total. The van der Waals surface area contributed by atoms with Crippen molar-refractivity contribution in [3.63, 3.8) is 0 Å². The van der Waals surface area contributed by atoms with Gasteiger partial charge in [0.25, 0.3) is 5.91 Å². The molecule has 0 radical (unpaired) electrons. The Morgan fingerprint density at radius 3 is 3.00 bits per heavy atom. The molecule has 2 aromatic heterocycles. The van der Waals surface area contributed by atoms with Gasteiger partial charge in [0.15, 0.2) is 5.65 Å². The molecular formula is C9H10N4OS. The molecule has 0 fully saturated rings. The van der Waals surface area contributed by atoms with E-state index >= 15 is 0 Å². The van der Waals surface area contributed by atoms with Crippen LogP contribution in [0.25, 0.3) is 11.2 Å². The second-order valence-corrected chi connectivity index (χ2v) is 3.99. The average Bonchev–Trinajstić information content (AvgIpc) is 2.62. The van der Waals surface area contributed by atoms with Crippen molar-refractivity contribution in [2.24, 2.45) is 0 Å². The highest BCUT2D eigenvalue weighted by molar-refractivity contribution is 7.00. The standard InChI is InChI=1S/C9H10N4OS/c1-5(2)11-9(14)6-3-7-8(10-4-6)13-15-12-7/h3-5H,1-2H3,(H,11,14). The Balaban J connectivity index is 2.31. The monoisotopic (exact) mass is 222 g/mol. The van der Waals surface area contributed by atoms with Crippen LogP contribution in [0.1, 0.15) is 24.2 Å². The fourth-order valence-electron chi connectivity index (χ4n) is 1.16. The molecule has 2 rings (SSSR count). The van der Waals surface area contributed by atoms with Crippen molar-refractivity contribution in [1.29, 1.82) is 0 Å². The van der Waals surface area contributed by atoms with Gasteiger partial charge in [-0.1, -0.05) is 0 Å². The fraction of sp³-hybridized carbons (Fsp3) is 0.333. The first kappa shape index (κ1) is 9.97. The van der Waals surface area contributed by atoms with E-state index in [4.69, 9.17) is 0 Å². The second-order valence-electron chi connectivity index (χ2n) is 3.46. The van der Waals surface area contributed by atoms with Gasteiger partial charge < -0.3 is 5.32 Å². The summed E-state index contributed by atoms with van der Waals surface area (Å²) in [6, 6.07) is 1.81. The summed E-state index contributed by atoms with van der Waals surface area (Å²) < 4.78 is 8.00. The number of rotatable bonds is 2. The van der Waals surface area contributed by atoms with Gasteiger partial charge in [-0.15, -0.1) is 0 Å². The molecule has 1 amide bonds. The number of nitrogens with one attached hydrogen (secondary N) is 1. The van der Waals surface area contributed by atoms with E-state index in [1.807, 2.05) is 13.8 Å². The van der Waals surface area contributed by atoms with Crippen molar-refractivity contribution in [2.45, 2.75) is 19.9 Å². The van der Waals surface area contributed by atoms with Crippen LogP contribution in [-0.2, 0) is 0 Å². The van der Waals surface area contributed by atoms with Crippen LogP contribution in [0.4, 0.5) is 0 Å². The van der Waals surface area contributed by atoms with E-state index in [9.17, 15) is 4.79 Å². The third-order valence-corrected chi connectivity index (χ3v) is 2.33. The lowest BCUT2D eigenvalue weighted by molar-refractivity contribution is 0.0943. The number of aromatic nitrogens is 3. The van der Waals surface area contributed by atoms with Gasteiger partial charge in [0.1, 0.15) is 5.52 Å². The Labute approximate surface area is 90.9 Å². The fourth-order valence-corrected chi connectivity index (χ4v) is 1.64. The summed E-state index contributed by atoms with van der Waals surface area (Å²) in [5.74, 6) is -0.132. The van der Waals surface area contributed by atoms with Gasteiger partial charge in [0.2, 0.25) is 0 Å². The quantitative estimate of drug-likeness (QED) is 0.829. The van der Waals surface area contributed by atoms with Crippen LogP contribution in [0, 0.1) is 0 Å². The topological polar surface area (TPSA) is 67.8 Å². The van der Waals surface area contributed by atoms with Gasteiger partial charge in [-0.25, -0.2) is 4.98 Å². The molecule has 0 spiro atoms. The Bertz CT molecular complexity index is 494.